The van der Waals surface area contributed by atoms with Crippen LogP contribution in [0.1, 0.15) is 52.0 Å². The van der Waals surface area contributed by atoms with E-state index in [1.54, 1.807) is 12.1 Å². The summed E-state index contributed by atoms with van der Waals surface area (Å²) in [7, 11) is 1.64. The monoisotopic (exact) mass is 650 g/mol. The molecule has 0 bridgehead atoms. The summed E-state index contributed by atoms with van der Waals surface area (Å²) in [5, 5.41) is 5.17. The first-order chi connectivity index (χ1) is 23.5. The molecule has 48 heavy (non-hydrogen) atoms. The van der Waals surface area contributed by atoms with Crippen molar-refractivity contribution < 1.29 is 14.3 Å². The van der Waals surface area contributed by atoms with Crippen LogP contribution in [0.2, 0.25) is 0 Å². The Balaban J connectivity index is 1.39. The number of methoxy groups -OCH3 is 1. The van der Waals surface area contributed by atoms with Gasteiger partial charge in [-0.3, -0.25) is 10.2 Å². The zero-order valence-corrected chi connectivity index (χ0v) is 27.7. The summed E-state index contributed by atoms with van der Waals surface area (Å²) in [6, 6.07) is 37.2. The van der Waals surface area contributed by atoms with Gasteiger partial charge < -0.3 is 19.7 Å². The molecule has 2 aliphatic rings. The van der Waals surface area contributed by atoms with Crippen molar-refractivity contribution in [1.29, 1.82) is 0 Å². The van der Waals surface area contributed by atoms with E-state index >= 15 is 0 Å². The number of ether oxygens (including phenoxy) is 2. The van der Waals surface area contributed by atoms with Gasteiger partial charge in [0, 0.05) is 63.9 Å². The predicted molar refractivity (Wildman–Crippen MR) is 194 cm³/mol. The number of benzene rings is 5. The standard InChI is InChI=1S/C40H34N4O3S/c1-4-43(5-2)30-20-24-35-37(26-30)47-36-25-28(16-15-27-17-21-31(46-3)22-18-27)19-23-34(36)40(35)33-14-10-9-13-32(33)38(45)44(40)42-39(48)41-29-11-7-6-8-12-29/h6-14,17-26H,4-5H2,1-3H3,(H2,41,42,48). The van der Waals surface area contributed by atoms with Gasteiger partial charge in [-0.2, -0.15) is 0 Å². The third-order valence-electron chi connectivity index (χ3n) is 8.85. The molecule has 1 atom stereocenters. The molecule has 2 N–H and O–H groups in total. The van der Waals surface area contributed by atoms with E-state index in [2.05, 4.69) is 59.5 Å². The van der Waals surface area contributed by atoms with Gasteiger partial charge >= 0.3 is 0 Å². The summed E-state index contributed by atoms with van der Waals surface area (Å²) < 4.78 is 12.0. The van der Waals surface area contributed by atoms with Crippen molar-refractivity contribution in [2.75, 3.05) is 30.4 Å². The van der Waals surface area contributed by atoms with Gasteiger partial charge in [0.2, 0.25) is 0 Å². The van der Waals surface area contributed by atoms with E-state index < -0.39 is 5.54 Å². The highest BCUT2D eigenvalue weighted by Gasteiger charge is 2.57. The van der Waals surface area contributed by atoms with E-state index in [0.717, 1.165) is 58.0 Å². The zero-order valence-electron chi connectivity index (χ0n) is 26.9. The molecule has 1 spiro atoms. The number of thiocarbonyl (C=S) groups is 1. The number of nitrogens with one attached hydrogen (secondary N) is 2. The predicted octanol–water partition coefficient (Wildman–Crippen LogP) is 7.70. The van der Waals surface area contributed by atoms with Gasteiger partial charge in [-0.1, -0.05) is 60.4 Å². The quantitative estimate of drug-likeness (QED) is 0.144. The van der Waals surface area contributed by atoms with Crippen LogP contribution in [0, 0.1) is 11.8 Å². The highest BCUT2D eigenvalue weighted by molar-refractivity contribution is 7.80. The number of anilines is 2. The molecule has 0 saturated heterocycles. The molecular formula is C40H34N4O3S. The SMILES string of the molecule is CCN(CC)c1ccc2c(c1)Oc1cc(C#Cc3ccc(OC)cc3)ccc1C21c2ccccc2C(=O)N1NC(=S)Nc1ccccc1. The van der Waals surface area contributed by atoms with Gasteiger partial charge in [0.15, 0.2) is 5.11 Å². The van der Waals surface area contributed by atoms with Crippen LogP contribution < -0.4 is 25.1 Å². The molecule has 0 aliphatic carbocycles. The number of rotatable bonds is 6. The molecule has 8 heteroatoms. The van der Waals surface area contributed by atoms with E-state index in [1.807, 2.05) is 97.1 Å². The van der Waals surface area contributed by atoms with E-state index in [1.165, 1.54) is 0 Å². The summed E-state index contributed by atoms with van der Waals surface area (Å²) in [6.07, 6.45) is 0. The molecule has 0 saturated carbocycles. The highest BCUT2D eigenvalue weighted by Crippen LogP contribution is 2.57. The van der Waals surface area contributed by atoms with E-state index in [-0.39, 0.29) is 11.0 Å². The Hall–Kier alpha value is -5.78. The van der Waals surface area contributed by atoms with Crippen molar-refractivity contribution in [1.82, 2.24) is 10.4 Å². The Morgan fingerprint density at radius 1 is 0.812 bits per heavy atom. The normalized spacial score (nSPS) is 15.3. The number of hydrogen-bond acceptors (Lipinski definition) is 5. The number of amides is 1. The topological polar surface area (TPSA) is 66.1 Å². The molecular weight excluding hydrogens is 617 g/mol. The smallest absolute Gasteiger partial charge is 0.274 e. The summed E-state index contributed by atoms with van der Waals surface area (Å²) in [6.45, 7) is 5.95. The maximum atomic E-state index is 14.4. The molecule has 7 nitrogen and oxygen atoms in total. The van der Waals surface area contributed by atoms with E-state index in [9.17, 15) is 4.79 Å². The molecule has 0 radical (unpaired) electrons. The molecule has 238 valence electrons. The molecule has 0 aromatic heterocycles. The Kier molecular flexibility index (Phi) is 8.22. The Bertz CT molecular complexity index is 2080. The van der Waals surface area contributed by atoms with Gasteiger partial charge in [-0.25, -0.2) is 5.01 Å². The van der Waals surface area contributed by atoms with Crippen molar-refractivity contribution >= 4 is 34.6 Å². The summed E-state index contributed by atoms with van der Waals surface area (Å²) in [4.78, 5) is 16.7. The Morgan fingerprint density at radius 3 is 2.19 bits per heavy atom. The second-order valence-electron chi connectivity index (χ2n) is 11.5. The molecule has 1 amide bonds. The van der Waals surface area contributed by atoms with Crippen molar-refractivity contribution in [2.45, 2.75) is 19.4 Å². The number of nitrogens with zero attached hydrogens (tertiary/aromatic N) is 2. The van der Waals surface area contributed by atoms with Crippen molar-refractivity contribution in [2.24, 2.45) is 0 Å². The van der Waals surface area contributed by atoms with Crippen molar-refractivity contribution in [3.05, 3.63) is 149 Å². The second kappa shape index (κ2) is 12.8. The third kappa shape index (κ3) is 5.28. The number of carbonyl (C=O) groups excluding carboxylic acids is 1. The minimum absolute atomic E-state index is 0.196. The molecule has 5 aromatic carbocycles. The first kappa shape index (κ1) is 30.9. The number of carbonyl (C=O) groups is 1. The third-order valence-corrected chi connectivity index (χ3v) is 9.04. The fourth-order valence-corrected chi connectivity index (χ4v) is 6.78. The summed E-state index contributed by atoms with van der Waals surface area (Å²) >= 11 is 5.81. The second-order valence-corrected chi connectivity index (χ2v) is 11.9. The lowest BCUT2D eigenvalue weighted by molar-refractivity contribution is 0.0595. The van der Waals surface area contributed by atoms with Crippen LogP contribution in [-0.2, 0) is 5.54 Å². The lowest BCUT2D eigenvalue weighted by Crippen LogP contribution is -2.56. The zero-order chi connectivity index (χ0) is 33.3. The molecule has 5 aromatic rings. The minimum atomic E-state index is -1.09. The average molecular weight is 651 g/mol. The van der Waals surface area contributed by atoms with Crippen LogP contribution >= 0.6 is 12.2 Å². The van der Waals surface area contributed by atoms with Crippen LogP contribution in [0.5, 0.6) is 17.2 Å². The maximum absolute atomic E-state index is 14.4. The Labute approximate surface area is 286 Å². The Morgan fingerprint density at radius 2 is 1.46 bits per heavy atom. The van der Waals surface area contributed by atoms with Gasteiger partial charge in [-0.15, -0.1) is 0 Å². The minimum Gasteiger partial charge on any atom is -0.497 e. The lowest BCUT2D eigenvalue weighted by atomic mass is 9.75. The molecule has 1 unspecified atom stereocenters. The van der Waals surface area contributed by atoms with Crippen LogP contribution in [0.3, 0.4) is 0 Å². The average Bonchev–Trinajstić information content (AvgIpc) is 3.35. The molecule has 0 fully saturated rings. The van der Waals surface area contributed by atoms with Crippen molar-refractivity contribution in [3.8, 4) is 29.1 Å². The van der Waals surface area contributed by atoms with E-state index in [0.29, 0.717) is 17.1 Å². The number of para-hydroxylation sites is 1. The van der Waals surface area contributed by atoms with Gasteiger partial charge in [-0.05, 0) is 86.7 Å². The molecule has 2 aliphatic heterocycles. The summed E-state index contributed by atoms with van der Waals surface area (Å²) in [5.41, 5.74) is 8.74. The number of fused-ring (bicyclic) bond motifs is 6. The van der Waals surface area contributed by atoms with Crippen LogP contribution in [0.15, 0.2) is 115 Å². The summed E-state index contributed by atoms with van der Waals surface area (Å²) in [5.74, 6) is 8.39. The number of hydrazine groups is 1. The first-order valence-corrected chi connectivity index (χ1v) is 16.3. The maximum Gasteiger partial charge on any atom is 0.274 e. The highest BCUT2D eigenvalue weighted by atomic mass is 32.1. The van der Waals surface area contributed by atoms with Crippen LogP contribution in [0.4, 0.5) is 11.4 Å². The first-order valence-electron chi connectivity index (χ1n) is 15.9. The lowest BCUT2D eigenvalue weighted by Gasteiger charge is -2.44. The largest absolute Gasteiger partial charge is 0.497 e. The van der Waals surface area contributed by atoms with Crippen molar-refractivity contribution in [3.63, 3.8) is 0 Å². The molecule has 2 heterocycles. The number of hydrogen-bond donors (Lipinski definition) is 2. The van der Waals surface area contributed by atoms with Gasteiger partial charge in [0.25, 0.3) is 5.91 Å². The van der Waals surface area contributed by atoms with Crippen LogP contribution in [0.25, 0.3) is 0 Å². The van der Waals surface area contributed by atoms with E-state index in [4.69, 9.17) is 21.7 Å². The van der Waals surface area contributed by atoms with Gasteiger partial charge in [0.1, 0.15) is 22.8 Å². The van der Waals surface area contributed by atoms with Gasteiger partial charge in [0.05, 0.1) is 7.11 Å². The fraction of sp³-hybridized carbons (Fsp3) is 0.150. The fourth-order valence-electron chi connectivity index (χ4n) is 6.57. The molecule has 7 rings (SSSR count). The van der Waals surface area contributed by atoms with Crippen LogP contribution in [-0.4, -0.2) is 36.2 Å².